The SMILES string of the molecule is Cc1ccn(-c2ccccc2CNc2ncc([N+](=O)[O-])cc2C)n1. The summed E-state index contributed by atoms with van der Waals surface area (Å²) < 4.78 is 1.84. The molecule has 7 nitrogen and oxygen atoms in total. The van der Waals surface area contributed by atoms with Crippen LogP contribution in [0.15, 0.2) is 48.8 Å². The van der Waals surface area contributed by atoms with Gasteiger partial charge >= 0.3 is 0 Å². The van der Waals surface area contributed by atoms with Crippen molar-refractivity contribution in [2.75, 3.05) is 5.32 Å². The third kappa shape index (κ3) is 3.24. The van der Waals surface area contributed by atoms with Gasteiger partial charge in [0.1, 0.15) is 12.0 Å². The maximum Gasteiger partial charge on any atom is 0.287 e. The Morgan fingerprint density at radius 1 is 1.25 bits per heavy atom. The van der Waals surface area contributed by atoms with E-state index in [1.54, 1.807) is 6.92 Å². The van der Waals surface area contributed by atoms with Gasteiger partial charge in [-0.15, -0.1) is 0 Å². The number of nitrogens with zero attached hydrogens (tertiary/aromatic N) is 4. The molecule has 1 N–H and O–H groups in total. The van der Waals surface area contributed by atoms with Gasteiger partial charge in [-0.2, -0.15) is 5.10 Å². The Kier molecular flexibility index (Phi) is 4.24. The summed E-state index contributed by atoms with van der Waals surface area (Å²) in [6.45, 7) is 4.29. The molecule has 2 heterocycles. The first-order valence-electron chi connectivity index (χ1n) is 7.50. The lowest BCUT2D eigenvalue weighted by Crippen LogP contribution is -2.07. The predicted octanol–water partition coefficient (Wildman–Crippen LogP) is 3.40. The summed E-state index contributed by atoms with van der Waals surface area (Å²) >= 11 is 0. The van der Waals surface area contributed by atoms with E-state index >= 15 is 0 Å². The summed E-state index contributed by atoms with van der Waals surface area (Å²) in [6, 6.07) is 11.4. The van der Waals surface area contributed by atoms with Crippen LogP contribution in [-0.2, 0) is 6.54 Å². The fourth-order valence-electron chi connectivity index (χ4n) is 2.46. The van der Waals surface area contributed by atoms with E-state index in [0.29, 0.717) is 12.4 Å². The molecule has 0 saturated carbocycles. The molecule has 0 amide bonds. The molecule has 0 unspecified atom stereocenters. The molecule has 1 aromatic carbocycles. The van der Waals surface area contributed by atoms with Crippen molar-refractivity contribution in [3.63, 3.8) is 0 Å². The number of aryl methyl sites for hydroxylation is 2. The first-order valence-corrected chi connectivity index (χ1v) is 7.50. The van der Waals surface area contributed by atoms with Gasteiger partial charge < -0.3 is 5.32 Å². The van der Waals surface area contributed by atoms with Crippen LogP contribution in [0, 0.1) is 24.0 Å². The van der Waals surface area contributed by atoms with E-state index < -0.39 is 4.92 Å². The number of aromatic nitrogens is 3. The van der Waals surface area contributed by atoms with Crippen LogP contribution >= 0.6 is 0 Å². The second-order valence-corrected chi connectivity index (χ2v) is 5.50. The highest BCUT2D eigenvalue weighted by atomic mass is 16.6. The normalized spacial score (nSPS) is 10.6. The lowest BCUT2D eigenvalue weighted by atomic mass is 10.1. The van der Waals surface area contributed by atoms with Gasteiger partial charge in [-0.25, -0.2) is 9.67 Å². The van der Waals surface area contributed by atoms with E-state index in [0.717, 1.165) is 22.5 Å². The minimum absolute atomic E-state index is 0.00883. The largest absolute Gasteiger partial charge is 0.366 e. The summed E-state index contributed by atoms with van der Waals surface area (Å²) in [7, 11) is 0. The van der Waals surface area contributed by atoms with Crippen molar-refractivity contribution in [3.05, 3.63) is 75.7 Å². The quantitative estimate of drug-likeness (QED) is 0.574. The molecular weight excluding hydrogens is 306 g/mol. The number of pyridine rings is 1. The monoisotopic (exact) mass is 323 g/mol. The topological polar surface area (TPSA) is 85.9 Å². The van der Waals surface area contributed by atoms with E-state index in [1.807, 2.05) is 48.1 Å². The zero-order valence-corrected chi connectivity index (χ0v) is 13.4. The molecule has 2 aromatic heterocycles. The standard InChI is InChI=1S/C17H17N5O2/c1-12-9-15(22(23)24)11-19-17(12)18-10-14-5-3-4-6-16(14)21-8-7-13(2)20-21/h3-9,11H,10H2,1-2H3,(H,18,19). The van der Waals surface area contributed by atoms with Crippen LogP contribution in [-0.4, -0.2) is 19.7 Å². The van der Waals surface area contributed by atoms with Gasteiger partial charge in [0.15, 0.2) is 0 Å². The number of rotatable bonds is 5. The van der Waals surface area contributed by atoms with E-state index in [-0.39, 0.29) is 5.69 Å². The van der Waals surface area contributed by atoms with Gasteiger partial charge in [-0.3, -0.25) is 10.1 Å². The van der Waals surface area contributed by atoms with Crippen LogP contribution in [0.5, 0.6) is 0 Å². The number of benzene rings is 1. The summed E-state index contributed by atoms with van der Waals surface area (Å²) in [5, 5.41) is 18.5. The fraction of sp³-hybridized carbons (Fsp3) is 0.176. The third-order valence-electron chi connectivity index (χ3n) is 3.68. The number of nitro groups is 1. The minimum Gasteiger partial charge on any atom is -0.366 e. The highest BCUT2D eigenvalue weighted by Crippen LogP contribution is 2.20. The Labute approximate surface area is 139 Å². The lowest BCUT2D eigenvalue weighted by molar-refractivity contribution is -0.385. The van der Waals surface area contributed by atoms with Crippen LogP contribution in [0.25, 0.3) is 5.69 Å². The summed E-state index contributed by atoms with van der Waals surface area (Å²) in [5.41, 5.74) is 3.71. The Hall–Kier alpha value is -3.22. The molecule has 3 rings (SSSR count). The maximum absolute atomic E-state index is 10.8. The van der Waals surface area contributed by atoms with Gasteiger partial charge in [0, 0.05) is 18.8 Å². The van der Waals surface area contributed by atoms with Crippen molar-refractivity contribution in [1.29, 1.82) is 0 Å². The van der Waals surface area contributed by atoms with Crippen molar-refractivity contribution >= 4 is 11.5 Å². The third-order valence-corrected chi connectivity index (χ3v) is 3.68. The van der Waals surface area contributed by atoms with E-state index in [1.165, 1.54) is 12.3 Å². The van der Waals surface area contributed by atoms with E-state index in [4.69, 9.17) is 0 Å². The first-order chi connectivity index (χ1) is 11.5. The van der Waals surface area contributed by atoms with E-state index in [9.17, 15) is 10.1 Å². The Morgan fingerprint density at radius 3 is 2.71 bits per heavy atom. The molecular formula is C17H17N5O2. The van der Waals surface area contributed by atoms with Crippen molar-refractivity contribution < 1.29 is 4.92 Å². The molecule has 122 valence electrons. The molecule has 0 fully saturated rings. The smallest absolute Gasteiger partial charge is 0.287 e. The van der Waals surface area contributed by atoms with Crippen LogP contribution in [0.4, 0.5) is 11.5 Å². The van der Waals surface area contributed by atoms with Crippen molar-refractivity contribution in [3.8, 4) is 5.69 Å². The van der Waals surface area contributed by atoms with Gasteiger partial charge in [-0.1, -0.05) is 18.2 Å². The van der Waals surface area contributed by atoms with E-state index in [2.05, 4.69) is 15.4 Å². The molecule has 0 bridgehead atoms. The highest BCUT2D eigenvalue weighted by Gasteiger charge is 2.10. The Bertz CT molecular complexity index is 888. The van der Waals surface area contributed by atoms with Crippen molar-refractivity contribution in [2.24, 2.45) is 0 Å². The van der Waals surface area contributed by atoms with Gasteiger partial charge in [0.2, 0.25) is 0 Å². The summed E-state index contributed by atoms with van der Waals surface area (Å²) in [5.74, 6) is 0.632. The van der Waals surface area contributed by atoms with Crippen molar-refractivity contribution in [2.45, 2.75) is 20.4 Å². The zero-order valence-electron chi connectivity index (χ0n) is 13.4. The molecule has 0 aliphatic rings. The molecule has 24 heavy (non-hydrogen) atoms. The average molecular weight is 323 g/mol. The fourth-order valence-corrected chi connectivity index (χ4v) is 2.46. The minimum atomic E-state index is -0.445. The second-order valence-electron chi connectivity index (χ2n) is 5.50. The Morgan fingerprint density at radius 2 is 2.04 bits per heavy atom. The maximum atomic E-state index is 10.8. The number of nitrogens with one attached hydrogen (secondary N) is 1. The zero-order chi connectivity index (χ0) is 17.1. The molecule has 7 heteroatoms. The highest BCUT2D eigenvalue weighted by molar-refractivity contribution is 5.50. The van der Waals surface area contributed by atoms with Gasteiger partial charge in [0.05, 0.1) is 16.3 Å². The summed E-state index contributed by atoms with van der Waals surface area (Å²) in [4.78, 5) is 14.5. The van der Waals surface area contributed by atoms with Crippen LogP contribution in [0.1, 0.15) is 16.8 Å². The van der Waals surface area contributed by atoms with Gasteiger partial charge in [-0.05, 0) is 37.1 Å². The molecule has 0 aliphatic carbocycles. The molecule has 0 spiro atoms. The van der Waals surface area contributed by atoms with Crippen LogP contribution in [0.3, 0.4) is 0 Å². The molecule has 0 radical (unpaired) electrons. The molecule has 0 atom stereocenters. The molecule has 0 aliphatic heterocycles. The number of anilines is 1. The summed E-state index contributed by atoms with van der Waals surface area (Å²) in [6.07, 6.45) is 3.18. The Balaban J connectivity index is 1.82. The average Bonchev–Trinajstić information content (AvgIpc) is 3.00. The number of hydrogen-bond acceptors (Lipinski definition) is 5. The number of hydrogen-bond donors (Lipinski definition) is 1. The second kappa shape index (κ2) is 6.49. The van der Waals surface area contributed by atoms with Crippen LogP contribution < -0.4 is 5.32 Å². The number of para-hydroxylation sites is 1. The van der Waals surface area contributed by atoms with Crippen LogP contribution in [0.2, 0.25) is 0 Å². The van der Waals surface area contributed by atoms with Gasteiger partial charge in [0.25, 0.3) is 5.69 Å². The predicted molar refractivity (Wildman–Crippen MR) is 91.3 cm³/mol. The first kappa shape index (κ1) is 15.7. The lowest BCUT2D eigenvalue weighted by Gasteiger charge is -2.12. The molecule has 3 aromatic rings. The van der Waals surface area contributed by atoms with Crippen molar-refractivity contribution in [1.82, 2.24) is 14.8 Å². The molecule has 0 saturated heterocycles.